The molecule has 2 amide bonds. The van der Waals surface area contributed by atoms with Crippen molar-refractivity contribution in [3.63, 3.8) is 0 Å². The minimum absolute atomic E-state index is 0.216. The van der Waals surface area contributed by atoms with Gasteiger partial charge in [-0.25, -0.2) is 4.79 Å². The number of carbonyl (C=O) groups excluding carboxylic acids is 2. The molecule has 0 bridgehead atoms. The first kappa shape index (κ1) is 19.4. The number of nitrogens with zero attached hydrogens (tertiary/aromatic N) is 1. The van der Waals surface area contributed by atoms with Crippen molar-refractivity contribution in [2.75, 3.05) is 20.8 Å². The normalized spacial score (nSPS) is 18.7. The van der Waals surface area contributed by atoms with Crippen LogP contribution in [0.15, 0.2) is 53.5 Å². The summed E-state index contributed by atoms with van der Waals surface area (Å²) in [6.45, 7) is 1.95. The summed E-state index contributed by atoms with van der Waals surface area (Å²) in [5.74, 6) is -0.202. The zero-order chi connectivity index (χ0) is 20.1. The SMILES string of the molecule is CCOC(=O)C1C(c2ccccc2)=NC(=O)NC1c1cc(OC)ccc1OC. The number of methoxy groups -OCH3 is 2. The molecule has 0 saturated heterocycles. The number of carbonyl (C=O) groups is 2. The Morgan fingerprint density at radius 1 is 1.11 bits per heavy atom. The molecule has 1 aliphatic rings. The van der Waals surface area contributed by atoms with E-state index in [2.05, 4.69) is 10.3 Å². The molecule has 3 rings (SSSR count). The highest BCUT2D eigenvalue weighted by molar-refractivity contribution is 6.17. The second-order valence-corrected chi connectivity index (χ2v) is 6.13. The predicted molar refractivity (Wildman–Crippen MR) is 104 cm³/mol. The van der Waals surface area contributed by atoms with E-state index in [0.717, 1.165) is 0 Å². The molecule has 2 unspecified atom stereocenters. The van der Waals surface area contributed by atoms with E-state index < -0.39 is 24.0 Å². The zero-order valence-corrected chi connectivity index (χ0v) is 16.0. The van der Waals surface area contributed by atoms with Gasteiger partial charge in [0.25, 0.3) is 0 Å². The van der Waals surface area contributed by atoms with Crippen LogP contribution < -0.4 is 14.8 Å². The quantitative estimate of drug-likeness (QED) is 0.776. The molecule has 1 aliphatic heterocycles. The van der Waals surface area contributed by atoms with Crippen LogP contribution in [0.1, 0.15) is 24.1 Å². The van der Waals surface area contributed by atoms with Crippen molar-refractivity contribution in [3.8, 4) is 11.5 Å². The molecule has 146 valence electrons. The molecular formula is C21H22N2O5. The summed E-state index contributed by atoms with van der Waals surface area (Å²) in [6.07, 6.45) is 0. The Labute approximate surface area is 163 Å². The smallest absolute Gasteiger partial charge is 0.341 e. The standard InChI is InChI=1S/C21H22N2O5/c1-4-28-20(24)17-18(13-8-6-5-7-9-13)22-21(25)23-19(17)15-12-14(26-2)10-11-16(15)27-3/h5-12,17,19H,4H2,1-3H3,(H,23,25). The number of aliphatic imine (C=N–C) groups is 1. The third-order valence-corrected chi connectivity index (χ3v) is 4.51. The van der Waals surface area contributed by atoms with Crippen molar-refractivity contribution in [1.29, 1.82) is 0 Å². The van der Waals surface area contributed by atoms with E-state index in [1.807, 2.05) is 30.3 Å². The Kier molecular flexibility index (Phi) is 5.93. The molecule has 7 nitrogen and oxygen atoms in total. The molecule has 2 atom stereocenters. The van der Waals surface area contributed by atoms with Crippen LogP contribution in [0.4, 0.5) is 4.79 Å². The summed E-state index contributed by atoms with van der Waals surface area (Å²) >= 11 is 0. The van der Waals surface area contributed by atoms with Gasteiger partial charge in [-0.05, 0) is 30.7 Å². The van der Waals surface area contributed by atoms with Gasteiger partial charge in [0.15, 0.2) is 0 Å². The maximum atomic E-state index is 12.9. The van der Waals surface area contributed by atoms with E-state index in [4.69, 9.17) is 14.2 Å². The first-order valence-electron chi connectivity index (χ1n) is 8.92. The molecule has 0 aliphatic carbocycles. The summed E-state index contributed by atoms with van der Waals surface area (Å²) < 4.78 is 16.1. The number of nitrogens with one attached hydrogen (secondary N) is 1. The van der Waals surface area contributed by atoms with Crippen molar-refractivity contribution in [3.05, 3.63) is 59.7 Å². The van der Waals surface area contributed by atoms with E-state index in [-0.39, 0.29) is 6.61 Å². The third-order valence-electron chi connectivity index (χ3n) is 4.51. The lowest BCUT2D eigenvalue weighted by molar-refractivity contribution is -0.146. The van der Waals surface area contributed by atoms with E-state index >= 15 is 0 Å². The molecule has 2 aromatic carbocycles. The fourth-order valence-corrected chi connectivity index (χ4v) is 3.26. The Morgan fingerprint density at radius 3 is 2.50 bits per heavy atom. The number of ether oxygens (including phenoxy) is 3. The van der Waals surface area contributed by atoms with Crippen LogP contribution in [0, 0.1) is 5.92 Å². The molecule has 2 aromatic rings. The Balaban J connectivity index is 2.16. The lowest BCUT2D eigenvalue weighted by Gasteiger charge is -2.32. The fourth-order valence-electron chi connectivity index (χ4n) is 3.26. The molecule has 0 aromatic heterocycles. The lowest BCUT2D eigenvalue weighted by Crippen LogP contribution is -2.45. The average Bonchev–Trinajstić information content (AvgIpc) is 2.73. The highest BCUT2D eigenvalue weighted by atomic mass is 16.5. The van der Waals surface area contributed by atoms with Crippen LogP contribution in [0.3, 0.4) is 0 Å². The Hall–Kier alpha value is -3.35. The molecule has 28 heavy (non-hydrogen) atoms. The minimum Gasteiger partial charge on any atom is -0.497 e. The predicted octanol–water partition coefficient (Wildman–Crippen LogP) is 3.14. The van der Waals surface area contributed by atoms with Gasteiger partial charge in [0, 0.05) is 5.56 Å². The van der Waals surface area contributed by atoms with Gasteiger partial charge in [-0.1, -0.05) is 30.3 Å². The number of urea groups is 1. The van der Waals surface area contributed by atoms with E-state index in [0.29, 0.717) is 28.3 Å². The van der Waals surface area contributed by atoms with Crippen molar-refractivity contribution in [2.24, 2.45) is 10.9 Å². The molecule has 0 spiro atoms. The summed E-state index contributed by atoms with van der Waals surface area (Å²) in [6, 6.07) is 13.1. The Bertz CT molecular complexity index is 895. The molecular weight excluding hydrogens is 360 g/mol. The molecule has 1 N–H and O–H groups in total. The first-order chi connectivity index (χ1) is 13.6. The van der Waals surface area contributed by atoms with Crippen LogP contribution in [-0.4, -0.2) is 38.5 Å². The monoisotopic (exact) mass is 382 g/mol. The van der Waals surface area contributed by atoms with Gasteiger partial charge in [0.2, 0.25) is 0 Å². The molecule has 0 fully saturated rings. The van der Waals surface area contributed by atoms with Crippen molar-refractivity contribution in [2.45, 2.75) is 13.0 Å². The fraction of sp³-hybridized carbons (Fsp3) is 0.286. The first-order valence-corrected chi connectivity index (χ1v) is 8.92. The van der Waals surface area contributed by atoms with E-state index in [1.54, 1.807) is 32.2 Å². The number of amides is 2. The number of benzene rings is 2. The topological polar surface area (TPSA) is 86.2 Å². The summed E-state index contributed by atoms with van der Waals surface area (Å²) in [5, 5.41) is 2.79. The van der Waals surface area contributed by atoms with Gasteiger partial charge in [-0.15, -0.1) is 0 Å². The molecule has 7 heteroatoms. The number of rotatable bonds is 6. The van der Waals surface area contributed by atoms with Gasteiger partial charge < -0.3 is 19.5 Å². The summed E-state index contributed by atoms with van der Waals surface area (Å²) in [7, 11) is 3.08. The van der Waals surface area contributed by atoms with Crippen LogP contribution in [0.25, 0.3) is 0 Å². The molecule has 1 heterocycles. The number of hydrogen-bond acceptors (Lipinski definition) is 5. The van der Waals surface area contributed by atoms with Crippen LogP contribution in [0.2, 0.25) is 0 Å². The third kappa shape index (κ3) is 3.83. The average molecular weight is 382 g/mol. The number of esters is 1. The van der Waals surface area contributed by atoms with Gasteiger partial charge in [0.1, 0.15) is 17.4 Å². The van der Waals surface area contributed by atoms with Crippen LogP contribution in [0.5, 0.6) is 11.5 Å². The zero-order valence-electron chi connectivity index (χ0n) is 16.0. The van der Waals surface area contributed by atoms with E-state index in [1.165, 1.54) is 7.11 Å². The van der Waals surface area contributed by atoms with Gasteiger partial charge in [-0.3, -0.25) is 4.79 Å². The van der Waals surface area contributed by atoms with E-state index in [9.17, 15) is 9.59 Å². The lowest BCUT2D eigenvalue weighted by atomic mass is 9.84. The molecule has 0 radical (unpaired) electrons. The van der Waals surface area contributed by atoms with Crippen LogP contribution in [-0.2, 0) is 9.53 Å². The van der Waals surface area contributed by atoms with Crippen molar-refractivity contribution < 1.29 is 23.8 Å². The summed E-state index contributed by atoms with van der Waals surface area (Å²) in [4.78, 5) is 29.4. The highest BCUT2D eigenvalue weighted by Crippen LogP contribution is 2.37. The minimum atomic E-state index is -0.832. The van der Waals surface area contributed by atoms with Crippen molar-refractivity contribution in [1.82, 2.24) is 5.32 Å². The molecule has 0 saturated carbocycles. The van der Waals surface area contributed by atoms with Gasteiger partial charge >= 0.3 is 12.0 Å². The summed E-state index contributed by atoms with van der Waals surface area (Å²) in [5.41, 5.74) is 1.65. The van der Waals surface area contributed by atoms with Gasteiger partial charge in [-0.2, -0.15) is 4.99 Å². The van der Waals surface area contributed by atoms with Crippen molar-refractivity contribution >= 4 is 17.7 Å². The van der Waals surface area contributed by atoms with Crippen LogP contribution >= 0.6 is 0 Å². The maximum absolute atomic E-state index is 12.9. The second-order valence-electron chi connectivity index (χ2n) is 6.13. The number of hydrogen-bond donors (Lipinski definition) is 1. The Morgan fingerprint density at radius 2 is 1.86 bits per heavy atom. The largest absolute Gasteiger partial charge is 0.497 e. The maximum Gasteiger partial charge on any atom is 0.341 e. The van der Waals surface area contributed by atoms with Gasteiger partial charge in [0.05, 0.1) is 32.6 Å². The second kappa shape index (κ2) is 8.56. The highest BCUT2D eigenvalue weighted by Gasteiger charge is 2.41.